The first-order valence-corrected chi connectivity index (χ1v) is 11.5. The number of aromatic nitrogens is 3. The van der Waals surface area contributed by atoms with Gasteiger partial charge in [0, 0.05) is 69.5 Å². The van der Waals surface area contributed by atoms with E-state index in [1.807, 2.05) is 11.9 Å². The molecule has 1 saturated heterocycles. The molecular formula is C25H27F3N8O. The summed E-state index contributed by atoms with van der Waals surface area (Å²) in [5.41, 5.74) is 6.73. The molecule has 0 saturated carbocycles. The Hall–Kier alpha value is -4.08. The number of aryl methyl sites for hydroxylation is 1. The van der Waals surface area contributed by atoms with E-state index in [2.05, 4.69) is 37.5 Å². The largest absolute Gasteiger partial charge is 0.416 e. The molecule has 1 aromatic carbocycles. The van der Waals surface area contributed by atoms with Crippen LogP contribution in [0.15, 0.2) is 42.7 Å². The molecule has 2 aromatic heterocycles. The van der Waals surface area contributed by atoms with Crippen LogP contribution < -0.4 is 16.4 Å². The van der Waals surface area contributed by atoms with Gasteiger partial charge in [0.1, 0.15) is 5.69 Å². The minimum Gasteiger partial charge on any atom is -0.397 e. The van der Waals surface area contributed by atoms with Gasteiger partial charge in [0.2, 0.25) is 0 Å². The highest BCUT2D eigenvalue weighted by atomic mass is 19.4. The van der Waals surface area contributed by atoms with Crippen molar-refractivity contribution in [1.29, 1.82) is 0 Å². The summed E-state index contributed by atoms with van der Waals surface area (Å²) in [6.45, 7) is 3.20. The Balaban J connectivity index is 1.43. The molecule has 12 heteroatoms. The number of hydrogen-bond acceptors (Lipinski definition) is 6. The second-order valence-corrected chi connectivity index (χ2v) is 8.82. The molecule has 0 aliphatic carbocycles. The van der Waals surface area contributed by atoms with Crippen molar-refractivity contribution in [3.8, 4) is 11.8 Å². The van der Waals surface area contributed by atoms with E-state index in [9.17, 15) is 18.0 Å². The van der Waals surface area contributed by atoms with Crippen LogP contribution in [0.4, 0.5) is 35.2 Å². The number of nitrogen functional groups attached to an aromatic ring is 1. The maximum Gasteiger partial charge on any atom is 0.416 e. The van der Waals surface area contributed by atoms with Crippen molar-refractivity contribution in [3.05, 3.63) is 65.1 Å². The first kappa shape index (κ1) is 26.0. The van der Waals surface area contributed by atoms with Gasteiger partial charge < -0.3 is 16.0 Å². The lowest BCUT2D eigenvalue weighted by molar-refractivity contribution is -0.138. The molecule has 0 bridgehead atoms. The summed E-state index contributed by atoms with van der Waals surface area (Å²) >= 11 is 0. The predicted octanol–water partition coefficient (Wildman–Crippen LogP) is 3.21. The van der Waals surface area contributed by atoms with Gasteiger partial charge in [-0.3, -0.25) is 19.9 Å². The third kappa shape index (κ3) is 6.99. The molecule has 9 nitrogen and oxygen atoms in total. The minimum absolute atomic E-state index is 0.0251. The number of carbonyl (C=O) groups is 1. The van der Waals surface area contributed by atoms with Gasteiger partial charge in [-0.25, -0.2) is 4.79 Å². The van der Waals surface area contributed by atoms with Crippen LogP contribution in [-0.4, -0.2) is 63.8 Å². The van der Waals surface area contributed by atoms with Crippen LogP contribution in [0.3, 0.4) is 0 Å². The van der Waals surface area contributed by atoms with E-state index in [1.165, 1.54) is 23.0 Å². The lowest BCUT2D eigenvalue weighted by atomic mass is 10.0. The predicted molar refractivity (Wildman–Crippen MR) is 135 cm³/mol. The number of alkyl halides is 3. The Morgan fingerprint density at radius 2 is 1.81 bits per heavy atom. The number of hydrogen-bond donors (Lipinski definition) is 3. The Labute approximate surface area is 212 Å². The molecule has 0 atom stereocenters. The second-order valence-electron chi connectivity index (χ2n) is 8.82. The average molecular weight is 513 g/mol. The van der Waals surface area contributed by atoms with Crippen LogP contribution in [0.1, 0.15) is 22.4 Å². The van der Waals surface area contributed by atoms with Crippen LogP contribution in [0.5, 0.6) is 0 Å². The van der Waals surface area contributed by atoms with Gasteiger partial charge in [-0.15, -0.1) is 0 Å². The molecule has 37 heavy (non-hydrogen) atoms. The number of nitrogens with one attached hydrogen (secondary N) is 2. The number of anilines is 3. The average Bonchev–Trinajstić information content (AvgIpc) is 3.18. The molecule has 2 amide bonds. The summed E-state index contributed by atoms with van der Waals surface area (Å²) < 4.78 is 42.9. The van der Waals surface area contributed by atoms with Crippen molar-refractivity contribution in [2.24, 2.45) is 7.05 Å². The Bertz CT molecular complexity index is 1330. The third-order valence-corrected chi connectivity index (χ3v) is 5.88. The maximum atomic E-state index is 13.8. The van der Waals surface area contributed by atoms with Crippen molar-refractivity contribution < 1.29 is 18.0 Å². The van der Waals surface area contributed by atoms with E-state index in [1.54, 1.807) is 25.4 Å². The Morgan fingerprint density at radius 3 is 2.51 bits per heavy atom. The normalized spacial score (nSPS) is 14.6. The number of carbonyl (C=O) groups excluding carboxylic acids is 1. The first-order valence-electron chi connectivity index (χ1n) is 11.5. The summed E-state index contributed by atoms with van der Waals surface area (Å²) in [7, 11) is 3.64. The number of nitrogens with two attached hydrogens (primary N) is 1. The lowest BCUT2D eigenvalue weighted by Gasteiger charge is -2.33. The van der Waals surface area contributed by atoms with Gasteiger partial charge in [-0.1, -0.05) is 12.0 Å². The molecule has 1 fully saturated rings. The zero-order valence-electron chi connectivity index (χ0n) is 20.4. The molecule has 0 radical (unpaired) electrons. The minimum atomic E-state index is -4.55. The zero-order valence-corrected chi connectivity index (χ0v) is 20.4. The molecule has 0 spiro atoms. The molecule has 1 aliphatic rings. The number of halogens is 3. The highest BCUT2D eigenvalue weighted by molar-refractivity contribution is 5.99. The van der Waals surface area contributed by atoms with E-state index in [4.69, 9.17) is 5.73 Å². The fourth-order valence-electron chi connectivity index (χ4n) is 3.89. The smallest absolute Gasteiger partial charge is 0.397 e. The quantitative estimate of drug-likeness (QED) is 0.464. The van der Waals surface area contributed by atoms with Gasteiger partial charge in [-0.05, 0) is 36.7 Å². The summed E-state index contributed by atoms with van der Waals surface area (Å²) in [5.74, 6) is 6.02. The summed E-state index contributed by atoms with van der Waals surface area (Å²) in [6, 6.07) is 6.34. The maximum absolute atomic E-state index is 13.8. The highest BCUT2D eigenvalue weighted by Gasteiger charge is 2.34. The van der Waals surface area contributed by atoms with Crippen LogP contribution >= 0.6 is 0 Å². The number of nitrogens with zero attached hydrogens (tertiary/aromatic N) is 5. The molecule has 4 rings (SSSR count). The van der Waals surface area contributed by atoms with Gasteiger partial charge in [0.25, 0.3) is 0 Å². The van der Waals surface area contributed by atoms with Crippen molar-refractivity contribution in [1.82, 2.24) is 24.6 Å². The molecule has 3 heterocycles. The van der Waals surface area contributed by atoms with Crippen molar-refractivity contribution in [3.63, 3.8) is 0 Å². The number of rotatable bonds is 4. The SMILES string of the molecule is CN1CCN(Cc2ccc(NC(=O)Nc3cc(C#Cc4cncc(N)c4)n(C)n3)cc2C(F)(F)F)CC1. The molecule has 0 unspecified atom stereocenters. The second kappa shape index (κ2) is 10.9. The molecule has 3 aromatic rings. The van der Waals surface area contributed by atoms with Gasteiger partial charge in [0.15, 0.2) is 5.82 Å². The van der Waals surface area contributed by atoms with Crippen LogP contribution in [0, 0.1) is 11.8 Å². The number of benzene rings is 1. The summed E-state index contributed by atoms with van der Waals surface area (Å²) in [6.07, 6.45) is -1.48. The number of amides is 2. The Morgan fingerprint density at radius 1 is 1.05 bits per heavy atom. The van der Waals surface area contributed by atoms with E-state index >= 15 is 0 Å². The molecule has 194 valence electrons. The number of pyridine rings is 1. The topological polar surface area (TPSA) is 104 Å². The number of likely N-dealkylation sites (N-methyl/N-ethyl adjacent to an activating group) is 1. The van der Waals surface area contributed by atoms with Gasteiger partial charge in [0.05, 0.1) is 11.3 Å². The Kier molecular flexibility index (Phi) is 7.66. The number of piperazine rings is 1. The molecular weight excluding hydrogens is 485 g/mol. The van der Waals surface area contributed by atoms with Gasteiger partial charge in [-0.2, -0.15) is 18.3 Å². The fraction of sp³-hybridized carbons (Fsp3) is 0.320. The summed E-state index contributed by atoms with van der Waals surface area (Å²) in [5, 5.41) is 9.16. The molecule has 1 aliphatic heterocycles. The van der Waals surface area contributed by atoms with E-state index in [0.717, 1.165) is 19.2 Å². The zero-order chi connectivity index (χ0) is 26.6. The van der Waals surface area contributed by atoms with Crippen LogP contribution in [0.2, 0.25) is 0 Å². The summed E-state index contributed by atoms with van der Waals surface area (Å²) in [4.78, 5) is 20.6. The van der Waals surface area contributed by atoms with E-state index in [0.29, 0.717) is 30.0 Å². The molecule has 4 N–H and O–H groups in total. The van der Waals surface area contributed by atoms with Crippen LogP contribution in [0.25, 0.3) is 0 Å². The van der Waals surface area contributed by atoms with E-state index < -0.39 is 17.8 Å². The van der Waals surface area contributed by atoms with Crippen molar-refractivity contribution in [2.75, 3.05) is 49.6 Å². The highest BCUT2D eigenvalue weighted by Crippen LogP contribution is 2.34. The van der Waals surface area contributed by atoms with Crippen molar-refractivity contribution >= 4 is 23.2 Å². The first-order chi connectivity index (χ1) is 17.6. The monoisotopic (exact) mass is 512 g/mol. The van der Waals surface area contributed by atoms with E-state index in [-0.39, 0.29) is 23.6 Å². The van der Waals surface area contributed by atoms with Crippen LogP contribution in [-0.2, 0) is 19.8 Å². The van der Waals surface area contributed by atoms with Crippen molar-refractivity contribution in [2.45, 2.75) is 12.7 Å². The number of urea groups is 1. The lowest BCUT2D eigenvalue weighted by Crippen LogP contribution is -2.44. The fourth-order valence-corrected chi connectivity index (χ4v) is 3.89. The standard InChI is InChI=1S/C25H27F3N8O/c1-34-7-9-36(10-8-34)16-18-4-5-20(12-22(18)25(26,27)28)31-24(37)32-23-13-21(35(2)33-23)6-3-17-11-19(29)15-30-14-17/h4-5,11-15H,7-10,16,29H2,1-2H3,(H2,31,32,33,37). The third-order valence-electron chi connectivity index (χ3n) is 5.88. The van der Waals surface area contributed by atoms with Gasteiger partial charge >= 0.3 is 12.2 Å².